The summed E-state index contributed by atoms with van der Waals surface area (Å²) in [7, 11) is 0. The Kier molecular flexibility index (Phi) is 2.40. The van der Waals surface area contributed by atoms with E-state index in [0.717, 1.165) is 0 Å². The summed E-state index contributed by atoms with van der Waals surface area (Å²) < 4.78 is 12.8. The van der Waals surface area contributed by atoms with E-state index in [4.69, 9.17) is 10.9 Å². The summed E-state index contributed by atoms with van der Waals surface area (Å²) in [4.78, 5) is 0. The topological polar surface area (TPSA) is 58.3 Å². The van der Waals surface area contributed by atoms with Crippen molar-refractivity contribution in [2.45, 2.75) is 6.54 Å². The van der Waals surface area contributed by atoms with Gasteiger partial charge in [-0.2, -0.15) is 0 Å². The van der Waals surface area contributed by atoms with E-state index in [0.29, 0.717) is 5.56 Å². The van der Waals surface area contributed by atoms with E-state index in [1.54, 1.807) is 12.1 Å². The van der Waals surface area contributed by atoms with Crippen molar-refractivity contribution < 1.29 is 9.50 Å². The number of aromatic hydroxyl groups is 1. The van der Waals surface area contributed by atoms with Crippen LogP contribution in [0, 0.1) is 5.82 Å². The lowest BCUT2D eigenvalue weighted by Gasteiger charge is -2.02. The molecule has 0 bridgehead atoms. The highest BCUT2D eigenvalue weighted by atomic mass is 19.1. The fourth-order valence-electron chi connectivity index (χ4n) is 0.813. The number of hydrazine groups is 1. The molecule has 1 aromatic carbocycles. The smallest absolute Gasteiger partial charge is 0.169 e. The van der Waals surface area contributed by atoms with Gasteiger partial charge in [-0.05, 0) is 6.07 Å². The molecule has 0 spiro atoms. The molecule has 0 aliphatic rings. The highest BCUT2D eigenvalue weighted by molar-refractivity contribution is 5.29. The standard InChI is InChI=1S/C7H9FN2O/c8-7-5(4-10-9)2-1-3-6(7)11/h1-3,10-11H,4,9H2. The molecule has 4 heteroatoms. The molecule has 0 radical (unpaired) electrons. The summed E-state index contributed by atoms with van der Waals surface area (Å²) in [6.45, 7) is 0.209. The van der Waals surface area contributed by atoms with Gasteiger partial charge in [0.15, 0.2) is 11.6 Å². The molecule has 0 unspecified atom stereocenters. The number of benzene rings is 1. The number of hydrogen-bond acceptors (Lipinski definition) is 3. The van der Waals surface area contributed by atoms with Gasteiger partial charge in [0.05, 0.1) is 0 Å². The molecule has 1 rings (SSSR count). The zero-order chi connectivity index (χ0) is 8.27. The number of nitrogens with one attached hydrogen (secondary N) is 1. The van der Waals surface area contributed by atoms with Crippen LogP contribution in [0.4, 0.5) is 4.39 Å². The largest absolute Gasteiger partial charge is 0.505 e. The molecule has 0 fully saturated rings. The van der Waals surface area contributed by atoms with E-state index in [1.165, 1.54) is 6.07 Å². The number of phenols is 1. The molecule has 0 aliphatic heterocycles. The Balaban J connectivity index is 2.96. The molecular weight excluding hydrogens is 147 g/mol. The van der Waals surface area contributed by atoms with Gasteiger partial charge in [0, 0.05) is 12.1 Å². The molecule has 0 aliphatic carbocycles. The van der Waals surface area contributed by atoms with Gasteiger partial charge >= 0.3 is 0 Å². The minimum atomic E-state index is -0.620. The van der Waals surface area contributed by atoms with Gasteiger partial charge in [-0.1, -0.05) is 12.1 Å². The highest BCUT2D eigenvalue weighted by Crippen LogP contribution is 2.17. The average molecular weight is 156 g/mol. The summed E-state index contributed by atoms with van der Waals surface area (Å²) >= 11 is 0. The monoisotopic (exact) mass is 156 g/mol. The first-order valence-corrected chi connectivity index (χ1v) is 3.15. The number of nitrogens with two attached hydrogens (primary N) is 1. The maximum Gasteiger partial charge on any atom is 0.169 e. The number of rotatable bonds is 2. The number of hydrogen-bond donors (Lipinski definition) is 3. The molecule has 0 amide bonds. The van der Waals surface area contributed by atoms with E-state index in [2.05, 4.69) is 5.43 Å². The first-order chi connectivity index (χ1) is 5.25. The normalized spacial score (nSPS) is 10.0. The summed E-state index contributed by atoms with van der Waals surface area (Å²) in [6.07, 6.45) is 0. The zero-order valence-electron chi connectivity index (χ0n) is 5.84. The van der Waals surface area contributed by atoms with Gasteiger partial charge in [0.1, 0.15) is 0 Å². The van der Waals surface area contributed by atoms with Gasteiger partial charge in [-0.25, -0.2) is 4.39 Å². The highest BCUT2D eigenvalue weighted by Gasteiger charge is 2.04. The van der Waals surface area contributed by atoms with Crippen LogP contribution in [0.15, 0.2) is 18.2 Å². The second-order valence-corrected chi connectivity index (χ2v) is 2.13. The Bertz CT molecular complexity index is 252. The predicted octanol–water partition coefficient (Wildman–Crippen LogP) is 0.495. The van der Waals surface area contributed by atoms with Crippen LogP contribution in [-0.4, -0.2) is 5.11 Å². The second kappa shape index (κ2) is 3.32. The molecule has 0 atom stereocenters. The molecule has 0 aromatic heterocycles. The summed E-state index contributed by atoms with van der Waals surface area (Å²) in [5.41, 5.74) is 2.66. The molecular formula is C7H9FN2O. The molecule has 0 saturated carbocycles. The van der Waals surface area contributed by atoms with Crippen molar-refractivity contribution in [2.24, 2.45) is 5.84 Å². The van der Waals surface area contributed by atoms with Gasteiger partial charge in [-0.3, -0.25) is 11.3 Å². The van der Waals surface area contributed by atoms with Crippen LogP contribution in [0.1, 0.15) is 5.56 Å². The Morgan fingerprint density at radius 2 is 2.27 bits per heavy atom. The molecule has 0 saturated heterocycles. The van der Waals surface area contributed by atoms with Crippen molar-refractivity contribution in [3.05, 3.63) is 29.6 Å². The molecule has 60 valence electrons. The molecule has 3 nitrogen and oxygen atoms in total. The lowest BCUT2D eigenvalue weighted by atomic mass is 10.2. The van der Waals surface area contributed by atoms with Gasteiger partial charge < -0.3 is 5.11 Å². The molecule has 11 heavy (non-hydrogen) atoms. The lowest BCUT2D eigenvalue weighted by molar-refractivity contribution is 0.427. The van der Waals surface area contributed by atoms with Crippen LogP contribution in [0.3, 0.4) is 0 Å². The van der Waals surface area contributed by atoms with E-state index in [-0.39, 0.29) is 12.3 Å². The van der Waals surface area contributed by atoms with Gasteiger partial charge in [0.2, 0.25) is 0 Å². The Morgan fingerprint density at radius 1 is 1.55 bits per heavy atom. The summed E-state index contributed by atoms with van der Waals surface area (Å²) in [5.74, 6) is 4.01. The molecule has 1 aromatic rings. The minimum Gasteiger partial charge on any atom is -0.505 e. The summed E-state index contributed by atoms with van der Waals surface area (Å²) in [6, 6.07) is 4.40. The van der Waals surface area contributed by atoms with Crippen molar-refractivity contribution >= 4 is 0 Å². The van der Waals surface area contributed by atoms with Crippen molar-refractivity contribution in [2.75, 3.05) is 0 Å². The SMILES string of the molecule is NNCc1cccc(O)c1F. The van der Waals surface area contributed by atoms with E-state index >= 15 is 0 Å². The summed E-state index contributed by atoms with van der Waals surface area (Å²) in [5, 5.41) is 8.88. The van der Waals surface area contributed by atoms with Gasteiger partial charge in [0.25, 0.3) is 0 Å². The van der Waals surface area contributed by atoms with Crippen molar-refractivity contribution in [3.8, 4) is 5.75 Å². The Morgan fingerprint density at radius 3 is 2.91 bits per heavy atom. The average Bonchev–Trinajstić information content (AvgIpc) is 1.99. The quantitative estimate of drug-likeness (QED) is 0.431. The predicted molar refractivity (Wildman–Crippen MR) is 39.1 cm³/mol. The van der Waals surface area contributed by atoms with E-state index < -0.39 is 5.82 Å². The van der Waals surface area contributed by atoms with E-state index in [1.807, 2.05) is 0 Å². The van der Waals surface area contributed by atoms with Crippen LogP contribution < -0.4 is 11.3 Å². The fraction of sp³-hybridized carbons (Fsp3) is 0.143. The third kappa shape index (κ3) is 1.66. The van der Waals surface area contributed by atoms with Crippen molar-refractivity contribution in [3.63, 3.8) is 0 Å². The van der Waals surface area contributed by atoms with Crippen LogP contribution in [0.2, 0.25) is 0 Å². The van der Waals surface area contributed by atoms with Crippen LogP contribution in [0.5, 0.6) is 5.75 Å². The molecule has 0 heterocycles. The first-order valence-electron chi connectivity index (χ1n) is 3.15. The van der Waals surface area contributed by atoms with Crippen LogP contribution >= 0.6 is 0 Å². The first kappa shape index (κ1) is 7.97. The maximum absolute atomic E-state index is 12.8. The van der Waals surface area contributed by atoms with Gasteiger partial charge in [-0.15, -0.1) is 0 Å². The Labute approximate surface area is 63.6 Å². The van der Waals surface area contributed by atoms with E-state index in [9.17, 15) is 4.39 Å². The van der Waals surface area contributed by atoms with Crippen LogP contribution in [-0.2, 0) is 6.54 Å². The Hall–Kier alpha value is -1.13. The van der Waals surface area contributed by atoms with Crippen LogP contribution in [0.25, 0.3) is 0 Å². The zero-order valence-corrected chi connectivity index (χ0v) is 5.84. The van der Waals surface area contributed by atoms with Crippen molar-refractivity contribution in [1.29, 1.82) is 0 Å². The van der Waals surface area contributed by atoms with Crippen molar-refractivity contribution in [1.82, 2.24) is 5.43 Å². The molecule has 4 N–H and O–H groups in total. The lowest BCUT2D eigenvalue weighted by Crippen LogP contribution is -2.21. The number of phenolic OH excluding ortho intramolecular Hbond substituents is 1. The number of halogens is 1. The third-order valence-electron chi connectivity index (χ3n) is 1.35. The third-order valence-corrected chi connectivity index (χ3v) is 1.35. The minimum absolute atomic E-state index is 0.209. The fourth-order valence-corrected chi connectivity index (χ4v) is 0.813. The maximum atomic E-state index is 12.8. The second-order valence-electron chi connectivity index (χ2n) is 2.13.